The Morgan fingerprint density at radius 3 is 2.40 bits per heavy atom. The molecule has 0 aliphatic carbocycles. The average Bonchev–Trinajstić information content (AvgIpc) is 3.51. The number of fused-ring (bicyclic) bond motifs is 4. The summed E-state index contributed by atoms with van der Waals surface area (Å²) in [5.41, 5.74) is 9.78. The van der Waals surface area contributed by atoms with Crippen LogP contribution in [0.1, 0.15) is 52.8 Å². The monoisotopic (exact) mass is 575 g/mol. The summed E-state index contributed by atoms with van der Waals surface area (Å²) >= 11 is 12.8. The number of nitrogens with zero attached hydrogens (tertiary/aromatic N) is 3. The van der Waals surface area contributed by atoms with Crippen molar-refractivity contribution in [1.82, 2.24) is 9.55 Å². The van der Waals surface area contributed by atoms with E-state index in [2.05, 4.69) is 5.32 Å². The Hall–Kier alpha value is -4.01. The van der Waals surface area contributed by atoms with Crippen molar-refractivity contribution in [2.24, 2.45) is 0 Å². The summed E-state index contributed by atoms with van der Waals surface area (Å²) in [5.74, 6) is 0.223. The van der Waals surface area contributed by atoms with Crippen molar-refractivity contribution in [3.05, 3.63) is 86.7 Å². The summed E-state index contributed by atoms with van der Waals surface area (Å²) in [6, 6.07) is 13.9. The number of imidazole rings is 1. The third-order valence-corrected chi connectivity index (χ3v) is 8.17. The molecule has 0 radical (unpaired) electrons. The number of nitrogens with one attached hydrogen (secondary N) is 1. The van der Waals surface area contributed by atoms with Crippen LogP contribution in [0.5, 0.6) is 5.75 Å². The van der Waals surface area contributed by atoms with Crippen molar-refractivity contribution < 1.29 is 14.3 Å². The maximum absolute atomic E-state index is 14.5. The van der Waals surface area contributed by atoms with E-state index >= 15 is 0 Å². The molecule has 8 nitrogen and oxygen atoms in total. The van der Waals surface area contributed by atoms with Gasteiger partial charge in [0.25, 0.3) is 11.8 Å². The second-order valence-corrected chi connectivity index (χ2v) is 11.3. The number of benzene rings is 3. The summed E-state index contributed by atoms with van der Waals surface area (Å²) < 4.78 is 7.64. The van der Waals surface area contributed by atoms with E-state index in [1.165, 1.54) is 4.90 Å². The second-order valence-electron chi connectivity index (χ2n) is 10.4. The first kappa shape index (κ1) is 26.2. The lowest BCUT2D eigenvalue weighted by Crippen LogP contribution is -2.51. The number of carbonyl (C=O) groups excluding carboxylic acids is 2. The maximum Gasteiger partial charge on any atom is 0.280 e. The number of anilines is 3. The molecular formula is C30H27Cl2N5O3. The largest absolute Gasteiger partial charge is 0.496 e. The molecule has 1 spiro atoms. The summed E-state index contributed by atoms with van der Waals surface area (Å²) in [7, 11) is 1.56. The zero-order chi connectivity index (χ0) is 28.7. The summed E-state index contributed by atoms with van der Waals surface area (Å²) in [6.07, 6.45) is 0. The molecule has 0 unspecified atom stereocenters. The molecule has 2 aliphatic rings. The van der Waals surface area contributed by atoms with Crippen LogP contribution in [0.25, 0.3) is 11.4 Å². The number of ether oxygens (including phenoxy) is 1. The van der Waals surface area contributed by atoms with Crippen molar-refractivity contribution >= 4 is 52.1 Å². The number of hydrogen-bond donors (Lipinski definition) is 2. The Kier molecular flexibility index (Phi) is 5.91. The van der Waals surface area contributed by atoms with Crippen LogP contribution in [0, 0.1) is 13.8 Å². The number of rotatable bonds is 4. The highest BCUT2D eigenvalue weighted by molar-refractivity contribution is 6.32. The van der Waals surface area contributed by atoms with E-state index in [9.17, 15) is 9.59 Å². The van der Waals surface area contributed by atoms with Crippen LogP contribution in [-0.2, 0) is 10.3 Å². The van der Waals surface area contributed by atoms with Gasteiger partial charge < -0.3 is 20.4 Å². The van der Waals surface area contributed by atoms with Crippen LogP contribution >= 0.6 is 23.2 Å². The predicted octanol–water partition coefficient (Wildman–Crippen LogP) is 6.50. The molecule has 2 amide bonds. The van der Waals surface area contributed by atoms with Gasteiger partial charge in [0.05, 0.1) is 24.1 Å². The van der Waals surface area contributed by atoms with E-state index in [0.29, 0.717) is 55.5 Å². The standard InChI is InChI=1S/C30H27Cl2N5O3/c1-14(2)36-26-25(35-27(36)19-10-16(4)21(33)13-24(19)40-5)28(38)37(23-12-18(32)7-6-15(23)3)30(26)20-9-8-17(31)11-22(20)34-29(30)39/h6-14H,33H2,1-5H3,(H,34,39)/t30-/m0/s1. The number of hydrogen-bond acceptors (Lipinski definition) is 5. The first-order valence-electron chi connectivity index (χ1n) is 12.8. The zero-order valence-electron chi connectivity index (χ0n) is 22.6. The molecule has 3 N–H and O–H groups in total. The zero-order valence-corrected chi connectivity index (χ0v) is 24.1. The SMILES string of the molecule is COc1cc(N)c(C)cc1-c1nc2c(n1C(C)C)[C@@]1(C(=O)Nc3cc(Cl)ccc31)N(c1cc(Cl)ccc1C)C2=O. The van der Waals surface area contributed by atoms with E-state index < -0.39 is 11.4 Å². The number of aromatic nitrogens is 2. The van der Waals surface area contributed by atoms with Gasteiger partial charge in [0.2, 0.25) is 0 Å². The lowest BCUT2D eigenvalue weighted by Gasteiger charge is -2.36. The normalized spacial score (nSPS) is 17.6. The van der Waals surface area contributed by atoms with Crippen LogP contribution in [0.15, 0.2) is 48.5 Å². The van der Waals surface area contributed by atoms with Crippen molar-refractivity contribution in [2.45, 2.75) is 39.3 Å². The number of amides is 2. The van der Waals surface area contributed by atoms with Crippen LogP contribution in [0.3, 0.4) is 0 Å². The van der Waals surface area contributed by atoms with Gasteiger partial charge in [-0.3, -0.25) is 14.5 Å². The average molecular weight is 576 g/mol. The molecular weight excluding hydrogens is 549 g/mol. The maximum atomic E-state index is 14.5. The van der Waals surface area contributed by atoms with E-state index in [0.717, 1.165) is 11.1 Å². The lowest BCUT2D eigenvalue weighted by molar-refractivity contribution is -0.119. The van der Waals surface area contributed by atoms with Gasteiger partial charge in [0.1, 0.15) is 11.6 Å². The predicted molar refractivity (Wildman–Crippen MR) is 158 cm³/mol. The molecule has 6 rings (SSSR count). The second kappa shape index (κ2) is 9.01. The molecule has 4 aromatic rings. The highest BCUT2D eigenvalue weighted by atomic mass is 35.5. The molecule has 40 heavy (non-hydrogen) atoms. The molecule has 2 aliphatic heterocycles. The van der Waals surface area contributed by atoms with E-state index in [-0.39, 0.29) is 17.6 Å². The van der Waals surface area contributed by atoms with Gasteiger partial charge in [0, 0.05) is 39.1 Å². The number of aryl methyl sites for hydroxylation is 2. The van der Waals surface area contributed by atoms with Gasteiger partial charge in [-0.1, -0.05) is 35.3 Å². The molecule has 204 valence electrons. The number of carbonyl (C=O) groups is 2. The van der Waals surface area contributed by atoms with E-state index in [1.807, 2.05) is 44.4 Å². The lowest BCUT2D eigenvalue weighted by atomic mass is 9.86. The number of halogens is 2. The highest BCUT2D eigenvalue weighted by Gasteiger charge is 2.64. The number of nitrogen functional groups attached to an aromatic ring is 1. The molecule has 1 atom stereocenters. The fourth-order valence-corrected chi connectivity index (χ4v) is 6.21. The van der Waals surface area contributed by atoms with Crippen molar-refractivity contribution in [1.29, 1.82) is 0 Å². The van der Waals surface area contributed by atoms with Gasteiger partial charge >= 0.3 is 0 Å². The van der Waals surface area contributed by atoms with Gasteiger partial charge in [-0.2, -0.15) is 0 Å². The molecule has 3 heterocycles. The van der Waals surface area contributed by atoms with Gasteiger partial charge in [-0.25, -0.2) is 4.98 Å². The van der Waals surface area contributed by atoms with Crippen molar-refractivity contribution in [3.8, 4) is 17.1 Å². The van der Waals surface area contributed by atoms with Crippen LogP contribution in [0.4, 0.5) is 17.1 Å². The Balaban J connectivity index is 1.75. The minimum atomic E-state index is -1.56. The minimum absolute atomic E-state index is 0.178. The van der Waals surface area contributed by atoms with Crippen LogP contribution in [-0.4, -0.2) is 28.5 Å². The Morgan fingerprint density at radius 2 is 1.70 bits per heavy atom. The number of nitrogens with two attached hydrogens (primary N) is 1. The summed E-state index contributed by atoms with van der Waals surface area (Å²) in [6.45, 7) is 7.75. The third-order valence-electron chi connectivity index (χ3n) is 7.70. The number of methoxy groups -OCH3 is 1. The van der Waals surface area contributed by atoms with Crippen LogP contribution in [0.2, 0.25) is 10.0 Å². The fourth-order valence-electron chi connectivity index (χ4n) is 5.87. The summed E-state index contributed by atoms with van der Waals surface area (Å²) in [4.78, 5) is 35.3. The molecule has 10 heteroatoms. The Labute approximate surface area is 241 Å². The van der Waals surface area contributed by atoms with Crippen LogP contribution < -0.4 is 20.7 Å². The molecule has 0 fully saturated rings. The minimum Gasteiger partial charge on any atom is -0.496 e. The summed E-state index contributed by atoms with van der Waals surface area (Å²) in [5, 5.41) is 3.89. The fraction of sp³-hybridized carbons (Fsp3) is 0.233. The van der Waals surface area contributed by atoms with Gasteiger partial charge in [-0.15, -0.1) is 0 Å². The van der Waals surface area contributed by atoms with E-state index in [1.54, 1.807) is 43.5 Å². The van der Waals surface area contributed by atoms with Crippen molar-refractivity contribution in [3.63, 3.8) is 0 Å². The molecule has 0 saturated carbocycles. The molecule has 1 aromatic heterocycles. The Morgan fingerprint density at radius 1 is 1.00 bits per heavy atom. The first-order chi connectivity index (χ1) is 19.0. The highest BCUT2D eigenvalue weighted by Crippen LogP contribution is 2.55. The molecule has 0 bridgehead atoms. The smallest absolute Gasteiger partial charge is 0.280 e. The Bertz CT molecular complexity index is 1760. The molecule has 3 aromatic carbocycles. The van der Waals surface area contributed by atoms with Gasteiger partial charge in [0.15, 0.2) is 11.2 Å². The van der Waals surface area contributed by atoms with E-state index in [4.69, 9.17) is 38.7 Å². The van der Waals surface area contributed by atoms with Gasteiger partial charge in [-0.05, 0) is 69.2 Å². The van der Waals surface area contributed by atoms with Crippen molar-refractivity contribution in [2.75, 3.05) is 23.1 Å². The molecule has 0 saturated heterocycles. The topological polar surface area (TPSA) is 102 Å². The first-order valence-corrected chi connectivity index (χ1v) is 13.6. The third kappa shape index (κ3) is 3.42. The quantitative estimate of drug-likeness (QED) is 0.270.